The fourth-order valence-electron chi connectivity index (χ4n) is 1.63. The van der Waals surface area contributed by atoms with Crippen LogP contribution in [0.25, 0.3) is 0 Å². The number of aliphatic imine (C=N–C) groups is 1. The molecule has 0 aromatic heterocycles. The number of amides is 1. The van der Waals surface area contributed by atoms with E-state index in [0.29, 0.717) is 12.5 Å². The second-order valence-corrected chi connectivity index (χ2v) is 3.68. The molecule has 5 heteroatoms. The van der Waals surface area contributed by atoms with E-state index in [4.69, 9.17) is 5.73 Å². The van der Waals surface area contributed by atoms with Gasteiger partial charge in [-0.2, -0.15) is 0 Å². The molecule has 0 saturated carbocycles. The SMILES string of the molecule is CCNC(=O)CN=C(N)N1CCCCC1. The summed E-state index contributed by atoms with van der Waals surface area (Å²) in [6.07, 6.45) is 3.59. The minimum absolute atomic E-state index is 0.0718. The second-order valence-electron chi connectivity index (χ2n) is 3.68. The average molecular weight is 212 g/mol. The summed E-state index contributed by atoms with van der Waals surface area (Å²) in [7, 11) is 0. The molecule has 1 heterocycles. The molecule has 15 heavy (non-hydrogen) atoms. The highest BCUT2D eigenvalue weighted by atomic mass is 16.1. The monoisotopic (exact) mass is 212 g/mol. The van der Waals surface area contributed by atoms with Gasteiger partial charge < -0.3 is 16.0 Å². The topological polar surface area (TPSA) is 70.7 Å². The minimum atomic E-state index is -0.0718. The lowest BCUT2D eigenvalue weighted by Gasteiger charge is -2.27. The third-order valence-electron chi connectivity index (χ3n) is 2.44. The Morgan fingerprint density at radius 3 is 2.67 bits per heavy atom. The van der Waals surface area contributed by atoms with E-state index in [-0.39, 0.29) is 12.5 Å². The lowest BCUT2D eigenvalue weighted by Crippen LogP contribution is -2.41. The van der Waals surface area contributed by atoms with Gasteiger partial charge in [-0.25, -0.2) is 4.99 Å². The maximum atomic E-state index is 11.1. The van der Waals surface area contributed by atoms with Crippen LogP contribution in [0, 0.1) is 0 Å². The molecule has 0 bridgehead atoms. The number of hydrogen-bond donors (Lipinski definition) is 2. The third kappa shape index (κ3) is 4.18. The quantitative estimate of drug-likeness (QED) is 0.508. The van der Waals surface area contributed by atoms with Crippen LogP contribution in [0.3, 0.4) is 0 Å². The van der Waals surface area contributed by atoms with Crippen LogP contribution in [-0.4, -0.2) is 42.9 Å². The number of likely N-dealkylation sites (N-methyl/N-ethyl adjacent to an activating group) is 1. The number of nitrogens with two attached hydrogens (primary N) is 1. The highest BCUT2D eigenvalue weighted by Gasteiger charge is 2.11. The number of carbonyl (C=O) groups is 1. The predicted octanol–water partition coefficient (Wildman–Crippen LogP) is -0.0769. The summed E-state index contributed by atoms with van der Waals surface area (Å²) < 4.78 is 0. The second kappa shape index (κ2) is 6.27. The molecule has 0 unspecified atom stereocenters. The number of guanidine groups is 1. The Morgan fingerprint density at radius 1 is 1.40 bits per heavy atom. The number of carbonyl (C=O) groups excluding carboxylic acids is 1. The zero-order valence-electron chi connectivity index (χ0n) is 9.33. The lowest BCUT2D eigenvalue weighted by atomic mass is 10.1. The van der Waals surface area contributed by atoms with Crippen LogP contribution in [0.15, 0.2) is 4.99 Å². The number of hydrogen-bond acceptors (Lipinski definition) is 2. The van der Waals surface area contributed by atoms with Crippen molar-refractivity contribution in [3.05, 3.63) is 0 Å². The fraction of sp³-hybridized carbons (Fsp3) is 0.800. The number of nitrogens with one attached hydrogen (secondary N) is 1. The molecular formula is C10H20N4O. The highest BCUT2D eigenvalue weighted by Crippen LogP contribution is 2.07. The van der Waals surface area contributed by atoms with E-state index < -0.39 is 0 Å². The van der Waals surface area contributed by atoms with Crippen molar-refractivity contribution < 1.29 is 4.79 Å². The molecule has 1 aliphatic heterocycles. The standard InChI is InChI=1S/C10H20N4O/c1-2-12-9(15)8-13-10(11)14-6-4-3-5-7-14/h2-8H2,1H3,(H2,11,13)(H,12,15). The summed E-state index contributed by atoms with van der Waals surface area (Å²) in [5, 5.41) is 2.68. The van der Waals surface area contributed by atoms with Gasteiger partial charge in [-0.3, -0.25) is 4.79 Å². The molecule has 1 saturated heterocycles. The number of rotatable bonds is 3. The van der Waals surface area contributed by atoms with Crippen molar-refractivity contribution in [2.45, 2.75) is 26.2 Å². The predicted molar refractivity (Wildman–Crippen MR) is 60.6 cm³/mol. The zero-order chi connectivity index (χ0) is 11.1. The summed E-state index contributed by atoms with van der Waals surface area (Å²) >= 11 is 0. The maximum absolute atomic E-state index is 11.1. The Morgan fingerprint density at radius 2 is 2.07 bits per heavy atom. The summed E-state index contributed by atoms with van der Waals surface area (Å²) in [6.45, 7) is 4.58. The van der Waals surface area contributed by atoms with Crippen molar-refractivity contribution in [3.8, 4) is 0 Å². The summed E-state index contributed by atoms with van der Waals surface area (Å²) in [5.41, 5.74) is 5.79. The van der Waals surface area contributed by atoms with Crippen LogP contribution in [0.2, 0.25) is 0 Å². The van der Waals surface area contributed by atoms with Gasteiger partial charge in [-0.05, 0) is 26.2 Å². The fourth-order valence-corrected chi connectivity index (χ4v) is 1.63. The van der Waals surface area contributed by atoms with Crippen molar-refractivity contribution in [1.29, 1.82) is 0 Å². The van der Waals surface area contributed by atoms with Gasteiger partial charge in [-0.15, -0.1) is 0 Å². The molecule has 5 nitrogen and oxygen atoms in total. The van der Waals surface area contributed by atoms with Crippen LogP contribution < -0.4 is 11.1 Å². The van der Waals surface area contributed by atoms with E-state index in [1.807, 2.05) is 11.8 Å². The van der Waals surface area contributed by atoms with Crippen molar-refractivity contribution >= 4 is 11.9 Å². The third-order valence-corrected chi connectivity index (χ3v) is 2.44. The number of nitrogens with zero attached hydrogens (tertiary/aromatic N) is 2. The van der Waals surface area contributed by atoms with Crippen LogP contribution in [-0.2, 0) is 4.79 Å². The molecule has 0 aromatic carbocycles. The highest BCUT2D eigenvalue weighted by molar-refractivity contribution is 5.84. The van der Waals surface area contributed by atoms with Crippen molar-refractivity contribution in [1.82, 2.24) is 10.2 Å². The van der Waals surface area contributed by atoms with E-state index in [2.05, 4.69) is 10.3 Å². The van der Waals surface area contributed by atoms with E-state index in [1.54, 1.807) is 0 Å². The van der Waals surface area contributed by atoms with Gasteiger partial charge in [-0.1, -0.05) is 0 Å². The average Bonchev–Trinajstić information content (AvgIpc) is 2.27. The molecule has 1 amide bonds. The van der Waals surface area contributed by atoms with Gasteiger partial charge in [0.25, 0.3) is 0 Å². The van der Waals surface area contributed by atoms with E-state index in [0.717, 1.165) is 25.9 Å². The van der Waals surface area contributed by atoms with Gasteiger partial charge in [0, 0.05) is 19.6 Å². The molecule has 1 rings (SSSR count). The zero-order valence-corrected chi connectivity index (χ0v) is 9.33. The van der Waals surface area contributed by atoms with Crippen LogP contribution >= 0.6 is 0 Å². The van der Waals surface area contributed by atoms with Crippen LogP contribution in [0.5, 0.6) is 0 Å². The lowest BCUT2D eigenvalue weighted by molar-refractivity contribution is -0.119. The van der Waals surface area contributed by atoms with Gasteiger partial charge in [0.05, 0.1) is 0 Å². The molecule has 86 valence electrons. The van der Waals surface area contributed by atoms with Gasteiger partial charge >= 0.3 is 0 Å². The molecule has 0 aromatic rings. The van der Waals surface area contributed by atoms with Gasteiger partial charge in [0.1, 0.15) is 6.54 Å². The minimum Gasteiger partial charge on any atom is -0.370 e. The first-order chi connectivity index (χ1) is 7.24. The number of likely N-dealkylation sites (tertiary alicyclic amines) is 1. The normalized spacial score (nSPS) is 17.7. The molecule has 1 fully saturated rings. The molecule has 0 aliphatic carbocycles. The molecule has 0 spiro atoms. The van der Waals surface area contributed by atoms with Crippen LogP contribution in [0.4, 0.5) is 0 Å². The van der Waals surface area contributed by atoms with Gasteiger partial charge in [0.2, 0.25) is 5.91 Å². The Hall–Kier alpha value is -1.26. The Kier molecular flexibility index (Phi) is 4.93. The molecule has 3 N–H and O–H groups in total. The van der Waals surface area contributed by atoms with Crippen LogP contribution in [0.1, 0.15) is 26.2 Å². The van der Waals surface area contributed by atoms with E-state index in [1.165, 1.54) is 6.42 Å². The van der Waals surface area contributed by atoms with Crippen molar-refractivity contribution in [2.75, 3.05) is 26.2 Å². The smallest absolute Gasteiger partial charge is 0.241 e. The molecule has 0 radical (unpaired) electrons. The first kappa shape index (κ1) is 11.8. The first-order valence-corrected chi connectivity index (χ1v) is 5.55. The first-order valence-electron chi connectivity index (χ1n) is 5.55. The Labute approximate surface area is 90.7 Å². The summed E-state index contributed by atoms with van der Waals surface area (Å²) in [4.78, 5) is 17.3. The van der Waals surface area contributed by atoms with E-state index >= 15 is 0 Å². The van der Waals surface area contributed by atoms with Crippen molar-refractivity contribution in [2.24, 2.45) is 10.7 Å². The van der Waals surface area contributed by atoms with Gasteiger partial charge in [0.15, 0.2) is 5.96 Å². The van der Waals surface area contributed by atoms with Crippen molar-refractivity contribution in [3.63, 3.8) is 0 Å². The Bertz CT molecular complexity index is 234. The maximum Gasteiger partial charge on any atom is 0.241 e. The number of piperidine rings is 1. The summed E-state index contributed by atoms with van der Waals surface area (Å²) in [5.74, 6) is 0.429. The molecular weight excluding hydrogens is 192 g/mol. The van der Waals surface area contributed by atoms with E-state index in [9.17, 15) is 4.79 Å². The molecule has 1 aliphatic rings. The summed E-state index contributed by atoms with van der Waals surface area (Å²) in [6, 6.07) is 0. The molecule has 0 atom stereocenters. The largest absolute Gasteiger partial charge is 0.370 e. The Balaban J connectivity index is 2.33.